The van der Waals surface area contributed by atoms with Crippen molar-refractivity contribution >= 4 is 50.9 Å². The van der Waals surface area contributed by atoms with Gasteiger partial charge in [-0.15, -0.1) is 0 Å². The Kier molecular flexibility index (Phi) is 6.35. The second-order valence-electron chi connectivity index (χ2n) is 7.80. The van der Waals surface area contributed by atoms with Gasteiger partial charge in [0.05, 0.1) is 22.9 Å². The fourth-order valence-electron chi connectivity index (χ4n) is 4.01. The SMILES string of the molecule is COC(=O)C1=C(C)N=c2s/c(=C/c3ccc(-c4ccc(Br)cc4)o3)c(=O)n2[C@H]1c1ccccc1Cl. The topological polar surface area (TPSA) is 73.8 Å². The van der Waals surface area contributed by atoms with E-state index in [1.54, 1.807) is 31.2 Å². The second kappa shape index (κ2) is 9.45. The van der Waals surface area contributed by atoms with Gasteiger partial charge < -0.3 is 9.15 Å². The van der Waals surface area contributed by atoms with Crippen molar-refractivity contribution in [2.45, 2.75) is 13.0 Å². The van der Waals surface area contributed by atoms with Crippen LogP contribution in [0.4, 0.5) is 0 Å². The molecule has 0 amide bonds. The fourth-order valence-corrected chi connectivity index (χ4v) is 5.54. The van der Waals surface area contributed by atoms with Crippen molar-refractivity contribution in [3.63, 3.8) is 0 Å². The predicted octanol–water partition coefficient (Wildman–Crippen LogP) is 5.08. The Morgan fingerprint density at radius 3 is 2.63 bits per heavy atom. The lowest BCUT2D eigenvalue weighted by Crippen LogP contribution is -2.39. The number of benzene rings is 2. The van der Waals surface area contributed by atoms with Crippen molar-refractivity contribution < 1.29 is 13.9 Å². The number of hydrogen-bond acceptors (Lipinski definition) is 6. The summed E-state index contributed by atoms with van der Waals surface area (Å²) in [6.45, 7) is 1.73. The van der Waals surface area contributed by atoms with Gasteiger partial charge in [-0.3, -0.25) is 9.36 Å². The summed E-state index contributed by atoms with van der Waals surface area (Å²) < 4.78 is 13.9. The molecule has 0 saturated carbocycles. The van der Waals surface area contributed by atoms with Gasteiger partial charge in [-0.2, -0.15) is 0 Å². The molecule has 9 heteroatoms. The summed E-state index contributed by atoms with van der Waals surface area (Å²) >= 11 is 11.2. The van der Waals surface area contributed by atoms with Crippen LogP contribution in [0.25, 0.3) is 17.4 Å². The number of fused-ring (bicyclic) bond motifs is 1. The molecule has 4 aromatic rings. The van der Waals surface area contributed by atoms with Crippen LogP contribution in [-0.4, -0.2) is 17.6 Å². The molecular formula is C26H18BrClN2O4S. The zero-order chi connectivity index (χ0) is 24.7. The van der Waals surface area contributed by atoms with Gasteiger partial charge in [0.15, 0.2) is 4.80 Å². The molecule has 2 aromatic heterocycles. The lowest BCUT2D eigenvalue weighted by Gasteiger charge is -2.25. The quantitative estimate of drug-likeness (QED) is 0.321. The van der Waals surface area contributed by atoms with E-state index in [0.717, 1.165) is 10.0 Å². The van der Waals surface area contributed by atoms with Crippen LogP contribution in [0.2, 0.25) is 5.02 Å². The maximum absolute atomic E-state index is 13.6. The van der Waals surface area contributed by atoms with Crippen LogP contribution in [-0.2, 0) is 9.53 Å². The molecule has 6 nitrogen and oxygen atoms in total. The van der Waals surface area contributed by atoms with Crippen LogP contribution in [0.5, 0.6) is 0 Å². The van der Waals surface area contributed by atoms with Crippen LogP contribution in [0.1, 0.15) is 24.3 Å². The van der Waals surface area contributed by atoms with Crippen molar-refractivity contribution in [1.82, 2.24) is 4.57 Å². The zero-order valence-electron chi connectivity index (χ0n) is 18.6. The Labute approximate surface area is 217 Å². The van der Waals surface area contributed by atoms with Gasteiger partial charge >= 0.3 is 5.97 Å². The summed E-state index contributed by atoms with van der Waals surface area (Å²) in [7, 11) is 1.30. The van der Waals surface area contributed by atoms with Crippen molar-refractivity contribution in [3.8, 4) is 11.3 Å². The molecule has 176 valence electrons. The van der Waals surface area contributed by atoms with E-state index in [4.69, 9.17) is 20.8 Å². The average Bonchev–Trinajstić information content (AvgIpc) is 3.43. The van der Waals surface area contributed by atoms with Crippen LogP contribution in [0.15, 0.2) is 90.6 Å². The number of rotatable bonds is 4. The van der Waals surface area contributed by atoms with Gasteiger partial charge in [0.1, 0.15) is 17.6 Å². The third-order valence-corrected chi connectivity index (χ3v) is 7.51. The third kappa shape index (κ3) is 4.33. The second-order valence-corrected chi connectivity index (χ2v) is 10.1. The Balaban J connectivity index is 1.66. The molecule has 35 heavy (non-hydrogen) atoms. The maximum atomic E-state index is 13.6. The standard InChI is InChI=1S/C26H18BrClN2O4S/c1-14-22(25(32)33-2)23(18-5-3-4-6-19(18)28)30-24(31)21(35-26(30)29-14)13-17-11-12-20(34-17)15-7-9-16(27)10-8-15/h3-13,23H,1-2H3/b21-13+/t23-/m0/s1. The Hall–Kier alpha value is -3.20. The molecule has 0 spiro atoms. The van der Waals surface area contributed by atoms with E-state index >= 15 is 0 Å². The van der Waals surface area contributed by atoms with E-state index in [-0.39, 0.29) is 11.1 Å². The van der Waals surface area contributed by atoms with Gasteiger partial charge in [0.2, 0.25) is 0 Å². The lowest BCUT2D eigenvalue weighted by molar-refractivity contribution is -0.136. The number of esters is 1. The highest BCUT2D eigenvalue weighted by Gasteiger charge is 2.34. The molecule has 0 radical (unpaired) electrons. The normalized spacial score (nSPS) is 15.7. The van der Waals surface area contributed by atoms with Crippen LogP contribution in [0.3, 0.4) is 0 Å². The van der Waals surface area contributed by atoms with E-state index in [0.29, 0.717) is 37.1 Å². The Morgan fingerprint density at radius 1 is 1.17 bits per heavy atom. The highest BCUT2D eigenvalue weighted by molar-refractivity contribution is 9.10. The largest absolute Gasteiger partial charge is 0.466 e. The smallest absolute Gasteiger partial charge is 0.338 e. The number of methoxy groups -OCH3 is 1. The fraction of sp³-hybridized carbons (Fsp3) is 0.115. The van der Waals surface area contributed by atoms with Gasteiger partial charge in [-0.1, -0.05) is 69.2 Å². The van der Waals surface area contributed by atoms with E-state index < -0.39 is 12.0 Å². The molecular weight excluding hydrogens is 552 g/mol. The summed E-state index contributed by atoms with van der Waals surface area (Å²) in [4.78, 5) is 31.4. The first-order valence-electron chi connectivity index (χ1n) is 10.6. The molecule has 1 aliphatic heterocycles. The predicted molar refractivity (Wildman–Crippen MR) is 139 cm³/mol. The van der Waals surface area contributed by atoms with Crippen LogP contribution < -0.4 is 14.9 Å². The molecule has 0 fully saturated rings. The molecule has 3 heterocycles. The van der Waals surface area contributed by atoms with Gasteiger partial charge in [0.25, 0.3) is 5.56 Å². The van der Waals surface area contributed by atoms with Crippen molar-refractivity contribution in [1.29, 1.82) is 0 Å². The number of aromatic nitrogens is 1. The molecule has 2 aromatic carbocycles. The van der Waals surface area contributed by atoms with Crippen LogP contribution >= 0.6 is 38.9 Å². The first-order chi connectivity index (χ1) is 16.9. The number of carbonyl (C=O) groups excluding carboxylic acids is 1. The first-order valence-corrected chi connectivity index (χ1v) is 12.6. The number of halogens is 2. The van der Waals surface area contributed by atoms with E-state index in [1.165, 1.54) is 23.0 Å². The van der Waals surface area contributed by atoms with Crippen LogP contribution in [0, 0.1) is 0 Å². The molecule has 5 rings (SSSR count). The molecule has 0 bridgehead atoms. The Morgan fingerprint density at radius 2 is 1.91 bits per heavy atom. The molecule has 1 atom stereocenters. The average molecular weight is 570 g/mol. The van der Waals surface area contributed by atoms with Gasteiger partial charge in [-0.05, 0) is 42.8 Å². The summed E-state index contributed by atoms with van der Waals surface area (Å²) in [6.07, 6.45) is 1.69. The molecule has 0 unspecified atom stereocenters. The summed E-state index contributed by atoms with van der Waals surface area (Å²) in [6, 6.07) is 17.8. The maximum Gasteiger partial charge on any atom is 0.338 e. The van der Waals surface area contributed by atoms with E-state index in [2.05, 4.69) is 20.9 Å². The molecule has 1 aliphatic rings. The number of furan rings is 1. The Bertz CT molecular complexity index is 1660. The number of nitrogens with zero attached hydrogens (tertiary/aromatic N) is 2. The first kappa shape index (κ1) is 23.5. The summed E-state index contributed by atoms with van der Waals surface area (Å²) in [5, 5.41) is 0.438. The summed E-state index contributed by atoms with van der Waals surface area (Å²) in [5.41, 5.74) is 1.99. The minimum Gasteiger partial charge on any atom is -0.466 e. The monoisotopic (exact) mass is 568 g/mol. The highest BCUT2D eigenvalue weighted by atomic mass is 79.9. The summed E-state index contributed by atoms with van der Waals surface area (Å²) in [5.74, 6) is 0.663. The highest BCUT2D eigenvalue weighted by Crippen LogP contribution is 2.34. The van der Waals surface area contributed by atoms with Crippen molar-refractivity contribution in [3.05, 3.63) is 112 Å². The number of allylic oxidation sites excluding steroid dienone is 1. The minimum atomic E-state index is -0.760. The molecule has 0 aliphatic carbocycles. The number of ether oxygens (including phenoxy) is 1. The molecule has 0 N–H and O–H groups in total. The van der Waals surface area contributed by atoms with E-state index in [9.17, 15) is 9.59 Å². The number of thiazole rings is 1. The number of hydrogen-bond donors (Lipinski definition) is 0. The zero-order valence-corrected chi connectivity index (χ0v) is 21.8. The number of carbonyl (C=O) groups is 1. The van der Waals surface area contributed by atoms with Crippen molar-refractivity contribution in [2.24, 2.45) is 4.99 Å². The third-order valence-electron chi connectivity index (χ3n) is 5.66. The minimum absolute atomic E-state index is 0.273. The van der Waals surface area contributed by atoms with Crippen molar-refractivity contribution in [2.75, 3.05) is 7.11 Å². The van der Waals surface area contributed by atoms with E-state index in [1.807, 2.05) is 42.5 Å². The van der Waals surface area contributed by atoms with Gasteiger partial charge in [0, 0.05) is 21.1 Å². The lowest BCUT2D eigenvalue weighted by atomic mass is 9.96. The molecule has 0 saturated heterocycles. The van der Waals surface area contributed by atoms with Gasteiger partial charge in [-0.25, -0.2) is 9.79 Å².